The summed E-state index contributed by atoms with van der Waals surface area (Å²) >= 11 is 4.98. The minimum Gasteiger partial charge on any atom is -0.480 e. The molecule has 1 aliphatic rings. The Labute approximate surface area is 99.4 Å². The number of hydrogen-bond acceptors (Lipinski definition) is 4. The number of aromatic nitrogens is 2. The molecule has 1 saturated heterocycles. The lowest BCUT2D eigenvalue weighted by Gasteiger charge is -2.11. The first-order valence-electron chi connectivity index (χ1n) is 4.37. The van der Waals surface area contributed by atoms with Crippen molar-refractivity contribution in [2.75, 3.05) is 5.75 Å². The summed E-state index contributed by atoms with van der Waals surface area (Å²) in [4.78, 5) is 10.8. The molecule has 0 bridgehead atoms. The highest BCUT2D eigenvalue weighted by Gasteiger charge is 2.32. The molecule has 1 fully saturated rings. The van der Waals surface area contributed by atoms with Gasteiger partial charge in [0, 0.05) is 12.8 Å². The van der Waals surface area contributed by atoms with Crippen molar-refractivity contribution in [3.63, 3.8) is 0 Å². The summed E-state index contributed by atoms with van der Waals surface area (Å²) in [5, 5.41) is 16.0. The van der Waals surface area contributed by atoms with Crippen LogP contribution in [0.2, 0.25) is 0 Å². The van der Waals surface area contributed by atoms with Crippen molar-refractivity contribution in [1.29, 1.82) is 0 Å². The average molecular weight is 292 g/mol. The zero-order valence-electron chi connectivity index (χ0n) is 7.98. The van der Waals surface area contributed by atoms with Crippen LogP contribution >= 0.6 is 27.7 Å². The van der Waals surface area contributed by atoms with E-state index in [-0.39, 0.29) is 5.37 Å². The maximum absolute atomic E-state index is 10.8. The van der Waals surface area contributed by atoms with Gasteiger partial charge < -0.3 is 5.11 Å². The molecule has 0 unspecified atom stereocenters. The molecule has 0 saturated carbocycles. The van der Waals surface area contributed by atoms with Gasteiger partial charge in [0.25, 0.3) is 0 Å². The highest BCUT2D eigenvalue weighted by atomic mass is 79.9. The van der Waals surface area contributed by atoms with Crippen LogP contribution in [0.15, 0.2) is 10.7 Å². The Kier molecular flexibility index (Phi) is 3.03. The van der Waals surface area contributed by atoms with Crippen LogP contribution in [0.1, 0.15) is 11.1 Å². The number of thioether (sulfide) groups is 1. The van der Waals surface area contributed by atoms with Gasteiger partial charge in [-0.05, 0) is 15.9 Å². The summed E-state index contributed by atoms with van der Waals surface area (Å²) in [5.41, 5.74) is 0.976. The summed E-state index contributed by atoms with van der Waals surface area (Å²) in [6.07, 6.45) is 1.71. The molecule has 0 aromatic carbocycles. The molecular weight excluding hydrogens is 282 g/mol. The third kappa shape index (κ3) is 2.04. The SMILES string of the molecule is Cn1ncc(Br)c1[C@@H]1N[C@H](C(=O)O)CS1. The standard InChI is InChI=1S/C8H10BrN3O2S/c1-12-6(4(9)2-10-12)7-11-5(3-15-7)8(13)14/h2,5,7,11H,3H2,1H3,(H,13,14)/t5-,7+/m0/s1. The Hall–Kier alpha value is -0.530. The molecule has 1 aliphatic heterocycles. The molecule has 7 heteroatoms. The number of halogens is 1. The van der Waals surface area contributed by atoms with Crippen LogP contribution in [0.3, 0.4) is 0 Å². The number of aliphatic carboxylic acids is 1. The summed E-state index contributed by atoms with van der Waals surface area (Å²) in [7, 11) is 1.84. The van der Waals surface area contributed by atoms with Crippen LogP contribution in [-0.2, 0) is 11.8 Å². The normalized spacial score (nSPS) is 25.7. The van der Waals surface area contributed by atoms with Crippen molar-refractivity contribution in [2.45, 2.75) is 11.4 Å². The van der Waals surface area contributed by atoms with Crippen molar-refractivity contribution in [3.05, 3.63) is 16.4 Å². The lowest BCUT2D eigenvalue weighted by molar-refractivity contribution is -0.138. The fourth-order valence-corrected chi connectivity index (χ4v) is 3.54. The summed E-state index contributed by atoms with van der Waals surface area (Å²) in [6.45, 7) is 0. The number of hydrogen-bond donors (Lipinski definition) is 2. The van der Waals surface area contributed by atoms with Gasteiger partial charge in [0.1, 0.15) is 6.04 Å². The topological polar surface area (TPSA) is 67.2 Å². The van der Waals surface area contributed by atoms with Crippen molar-refractivity contribution < 1.29 is 9.90 Å². The Morgan fingerprint density at radius 3 is 3.07 bits per heavy atom. The highest BCUT2D eigenvalue weighted by molar-refractivity contribution is 9.10. The van der Waals surface area contributed by atoms with Gasteiger partial charge in [-0.2, -0.15) is 5.10 Å². The molecule has 1 aromatic rings. The Morgan fingerprint density at radius 1 is 1.87 bits per heavy atom. The molecule has 2 atom stereocenters. The zero-order chi connectivity index (χ0) is 11.0. The molecule has 0 amide bonds. The predicted molar refractivity (Wildman–Crippen MR) is 60.7 cm³/mol. The van der Waals surface area contributed by atoms with Gasteiger partial charge in [-0.3, -0.25) is 14.8 Å². The second kappa shape index (κ2) is 4.15. The Morgan fingerprint density at radius 2 is 2.60 bits per heavy atom. The van der Waals surface area contributed by atoms with E-state index in [1.54, 1.807) is 22.6 Å². The second-order valence-corrected chi connectivity index (χ2v) is 5.26. The highest BCUT2D eigenvalue weighted by Crippen LogP contribution is 2.36. The Balaban J connectivity index is 2.17. The van der Waals surface area contributed by atoms with E-state index in [1.165, 1.54) is 0 Å². The van der Waals surface area contributed by atoms with Gasteiger partial charge in [0.2, 0.25) is 0 Å². The summed E-state index contributed by atoms with van der Waals surface area (Å²) < 4.78 is 2.65. The molecular formula is C8H10BrN3O2S. The number of aryl methyl sites for hydroxylation is 1. The lowest BCUT2D eigenvalue weighted by atomic mass is 10.3. The van der Waals surface area contributed by atoms with E-state index in [1.807, 2.05) is 7.05 Å². The first-order chi connectivity index (χ1) is 7.09. The molecule has 0 radical (unpaired) electrons. The van der Waals surface area contributed by atoms with Crippen LogP contribution in [-0.4, -0.2) is 32.7 Å². The predicted octanol–water partition coefficient (Wildman–Crippen LogP) is 0.971. The van der Waals surface area contributed by atoms with Crippen molar-refractivity contribution in [2.24, 2.45) is 7.05 Å². The number of carbonyl (C=O) groups is 1. The minimum absolute atomic E-state index is 0.00650. The lowest BCUT2D eigenvalue weighted by Crippen LogP contribution is -2.34. The summed E-state index contributed by atoms with van der Waals surface area (Å²) in [6, 6.07) is -0.471. The van der Waals surface area contributed by atoms with E-state index in [9.17, 15) is 4.79 Å². The number of carboxylic acids is 1. The van der Waals surface area contributed by atoms with Gasteiger partial charge in [0.15, 0.2) is 0 Å². The van der Waals surface area contributed by atoms with Gasteiger partial charge in [0.05, 0.1) is 21.7 Å². The van der Waals surface area contributed by atoms with E-state index < -0.39 is 12.0 Å². The molecule has 0 aliphatic carbocycles. The van der Waals surface area contributed by atoms with E-state index in [4.69, 9.17) is 5.11 Å². The minimum atomic E-state index is -0.803. The summed E-state index contributed by atoms with van der Waals surface area (Å²) in [5.74, 6) is -0.222. The van der Waals surface area contributed by atoms with Crippen molar-refractivity contribution in [3.8, 4) is 0 Å². The van der Waals surface area contributed by atoms with Crippen molar-refractivity contribution in [1.82, 2.24) is 15.1 Å². The van der Waals surface area contributed by atoms with E-state index >= 15 is 0 Å². The van der Waals surface area contributed by atoms with Crippen LogP contribution in [0, 0.1) is 0 Å². The maximum Gasteiger partial charge on any atom is 0.321 e. The quantitative estimate of drug-likeness (QED) is 0.850. The van der Waals surface area contributed by atoms with Gasteiger partial charge in [-0.15, -0.1) is 11.8 Å². The molecule has 15 heavy (non-hydrogen) atoms. The number of carboxylic acid groups (broad SMARTS) is 1. The van der Waals surface area contributed by atoms with Gasteiger partial charge in [-0.25, -0.2) is 0 Å². The third-order valence-corrected chi connectivity index (χ3v) is 4.10. The smallest absolute Gasteiger partial charge is 0.321 e. The zero-order valence-corrected chi connectivity index (χ0v) is 10.4. The number of rotatable bonds is 2. The maximum atomic E-state index is 10.8. The molecule has 1 aromatic heterocycles. The van der Waals surface area contributed by atoms with Crippen LogP contribution in [0.5, 0.6) is 0 Å². The van der Waals surface area contributed by atoms with Crippen LogP contribution in [0.4, 0.5) is 0 Å². The first kappa shape index (κ1) is 11.0. The average Bonchev–Trinajstić information content (AvgIpc) is 2.73. The van der Waals surface area contributed by atoms with Gasteiger partial charge in [-0.1, -0.05) is 0 Å². The Bertz CT molecular complexity index is 376. The molecule has 2 rings (SSSR count). The van der Waals surface area contributed by atoms with Gasteiger partial charge >= 0.3 is 5.97 Å². The monoisotopic (exact) mass is 291 g/mol. The van der Waals surface area contributed by atoms with E-state index in [0.717, 1.165) is 10.2 Å². The van der Waals surface area contributed by atoms with E-state index in [0.29, 0.717) is 5.75 Å². The largest absolute Gasteiger partial charge is 0.480 e. The molecule has 2 N–H and O–H groups in total. The number of nitrogens with zero attached hydrogens (tertiary/aromatic N) is 2. The third-order valence-electron chi connectivity index (χ3n) is 2.27. The van der Waals surface area contributed by atoms with Crippen LogP contribution < -0.4 is 5.32 Å². The fraction of sp³-hybridized carbons (Fsp3) is 0.500. The molecule has 82 valence electrons. The number of nitrogens with one attached hydrogen (secondary N) is 1. The van der Waals surface area contributed by atoms with Crippen LogP contribution in [0.25, 0.3) is 0 Å². The molecule has 2 heterocycles. The first-order valence-corrected chi connectivity index (χ1v) is 6.21. The fourth-order valence-electron chi connectivity index (χ4n) is 1.49. The van der Waals surface area contributed by atoms with E-state index in [2.05, 4.69) is 26.3 Å². The second-order valence-electron chi connectivity index (χ2n) is 3.27. The van der Waals surface area contributed by atoms with Crippen molar-refractivity contribution >= 4 is 33.7 Å². The molecule has 0 spiro atoms. The molecule has 5 nitrogen and oxygen atoms in total.